The van der Waals surface area contributed by atoms with E-state index in [4.69, 9.17) is 4.98 Å². The van der Waals surface area contributed by atoms with Gasteiger partial charge in [0, 0.05) is 40.9 Å². The highest BCUT2D eigenvalue weighted by Gasteiger charge is 2.23. The van der Waals surface area contributed by atoms with Crippen LogP contribution in [0.1, 0.15) is 31.4 Å². The summed E-state index contributed by atoms with van der Waals surface area (Å²) in [7, 11) is 0. The largest absolute Gasteiger partial charge is 0.336 e. The van der Waals surface area contributed by atoms with E-state index in [0.29, 0.717) is 39.2 Å². The number of anilines is 1. The van der Waals surface area contributed by atoms with Crippen molar-refractivity contribution in [3.63, 3.8) is 0 Å². The van der Waals surface area contributed by atoms with Crippen molar-refractivity contribution >= 4 is 33.5 Å². The van der Waals surface area contributed by atoms with E-state index in [1.165, 1.54) is 6.07 Å². The van der Waals surface area contributed by atoms with E-state index >= 15 is 4.39 Å². The van der Waals surface area contributed by atoms with Crippen molar-refractivity contribution in [2.45, 2.75) is 32.6 Å². The number of H-pyrrole nitrogens is 2. The van der Waals surface area contributed by atoms with Gasteiger partial charge in [-0.1, -0.05) is 18.9 Å². The number of carbonyl (C=O) groups excluding carboxylic acids is 1. The average molecular weight is 521 g/mol. The molecule has 6 aromatic rings. The van der Waals surface area contributed by atoms with Crippen LogP contribution >= 0.6 is 0 Å². The molecule has 0 saturated heterocycles. The Morgan fingerprint density at radius 3 is 2.82 bits per heavy atom. The molecular formula is C29H25FN8O. The van der Waals surface area contributed by atoms with Crippen LogP contribution in [0, 0.1) is 18.7 Å². The standard InChI is InChI=1S/C29H25FN8O/c1-16-14-38(15-32-16)25-8-4-7-23-27(25)35-28(34-23)26-21-10-20(22(30)11-24(21)36-37-26)18-9-19(13-31-12-18)33-29(39)17-5-2-3-6-17/h4,7-15,17H,2-3,5-6H2,1H3,(H,33,39)(H,34,35)(H,36,37). The maximum absolute atomic E-state index is 15.3. The number of carbonyl (C=O) groups is 1. The molecule has 39 heavy (non-hydrogen) atoms. The number of pyridine rings is 1. The molecule has 4 heterocycles. The lowest BCUT2D eigenvalue weighted by atomic mass is 10.0. The maximum Gasteiger partial charge on any atom is 0.227 e. The lowest BCUT2D eigenvalue weighted by Gasteiger charge is -2.11. The Hall–Kier alpha value is -4.86. The topological polar surface area (TPSA) is 117 Å². The molecule has 1 saturated carbocycles. The summed E-state index contributed by atoms with van der Waals surface area (Å²) in [5.74, 6) is 0.168. The van der Waals surface area contributed by atoms with Crippen molar-refractivity contribution in [2.24, 2.45) is 5.92 Å². The van der Waals surface area contributed by atoms with Gasteiger partial charge in [-0.15, -0.1) is 0 Å². The SMILES string of the molecule is Cc1cn(-c2cccc3[nH]c(-c4n[nH]c5cc(F)c(-c6cncc(NC(=O)C7CCCC7)c6)cc45)nc23)cn1. The van der Waals surface area contributed by atoms with E-state index in [2.05, 4.69) is 30.5 Å². The lowest BCUT2D eigenvalue weighted by Crippen LogP contribution is -2.20. The highest BCUT2D eigenvalue weighted by molar-refractivity contribution is 5.97. The Labute approximate surface area is 222 Å². The molecule has 1 amide bonds. The number of imidazole rings is 2. The Bertz CT molecular complexity index is 1860. The van der Waals surface area contributed by atoms with Crippen LogP contribution in [0.2, 0.25) is 0 Å². The molecule has 2 aromatic carbocycles. The van der Waals surface area contributed by atoms with Crippen molar-refractivity contribution in [1.82, 2.24) is 34.7 Å². The molecule has 9 nitrogen and oxygen atoms in total. The van der Waals surface area contributed by atoms with E-state index < -0.39 is 5.82 Å². The van der Waals surface area contributed by atoms with Crippen LogP contribution in [-0.4, -0.2) is 40.6 Å². The first-order valence-corrected chi connectivity index (χ1v) is 13.0. The molecule has 194 valence electrons. The summed E-state index contributed by atoms with van der Waals surface area (Å²) in [6.45, 7) is 1.94. The molecule has 1 aliphatic carbocycles. The monoisotopic (exact) mass is 520 g/mol. The number of halogens is 1. The van der Waals surface area contributed by atoms with Crippen LogP contribution in [0.4, 0.5) is 10.1 Å². The molecule has 10 heteroatoms. The highest BCUT2D eigenvalue weighted by atomic mass is 19.1. The second-order valence-electron chi connectivity index (χ2n) is 10.1. The Balaban J connectivity index is 1.27. The summed E-state index contributed by atoms with van der Waals surface area (Å²) in [5.41, 5.74) is 6.03. The minimum atomic E-state index is -0.416. The molecule has 0 aliphatic heterocycles. The number of aromatic amines is 2. The Morgan fingerprint density at radius 2 is 2.00 bits per heavy atom. The number of aromatic nitrogens is 7. The third-order valence-corrected chi connectivity index (χ3v) is 7.40. The van der Waals surface area contributed by atoms with E-state index in [0.717, 1.165) is 48.1 Å². The van der Waals surface area contributed by atoms with E-state index in [1.54, 1.807) is 30.9 Å². The molecule has 0 radical (unpaired) electrons. The first-order valence-electron chi connectivity index (χ1n) is 13.0. The summed E-state index contributed by atoms with van der Waals surface area (Å²) in [6, 6.07) is 10.8. The van der Waals surface area contributed by atoms with E-state index in [-0.39, 0.29) is 11.8 Å². The number of rotatable bonds is 5. The summed E-state index contributed by atoms with van der Waals surface area (Å²) in [6.07, 6.45) is 10.8. The number of hydrogen-bond donors (Lipinski definition) is 3. The average Bonchev–Trinajstić information content (AvgIpc) is 3.74. The molecule has 0 spiro atoms. The van der Waals surface area contributed by atoms with Gasteiger partial charge < -0.3 is 14.9 Å². The fraction of sp³-hybridized carbons (Fsp3) is 0.207. The second-order valence-corrected chi connectivity index (χ2v) is 10.1. The molecule has 1 fully saturated rings. The van der Waals surface area contributed by atoms with Crippen LogP contribution in [-0.2, 0) is 4.79 Å². The van der Waals surface area contributed by atoms with E-state index in [9.17, 15) is 4.79 Å². The number of fused-ring (bicyclic) bond motifs is 2. The first kappa shape index (κ1) is 23.3. The van der Waals surface area contributed by atoms with Gasteiger partial charge in [0.1, 0.15) is 17.0 Å². The van der Waals surface area contributed by atoms with Gasteiger partial charge in [-0.3, -0.25) is 14.9 Å². The van der Waals surface area contributed by atoms with Gasteiger partial charge in [0.25, 0.3) is 0 Å². The molecule has 7 rings (SSSR count). The van der Waals surface area contributed by atoms with Gasteiger partial charge in [-0.25, -0.2) is 14.4 Å². The lowest BCUT2D eigenvalue weighted by molar-refractivity contribution is -0.119. The zero-order valence-electron chi connectivity index (χ0n) is 21.2. The Morgan fingerprint density at radius 1 is 1.13 bits per heavy atom. The number of aryl methyl sites for hydroxylation is 1. The smallest absolute Gasteiger partial charge is 0.227 e. The summed E-state index contributed by atoms with van der Waals surface area (Å²) in [5, 5.41) is 11.1. The van der Waals surface area contributed by atoms with Crippen LogP contribution in [0.15, 0.2) is 61.3 Å². The predicted octanol–water partition coefficient (Wildman–Crippen LogP) is 5.93. The third-order valence-electron chi connectivity index (χ3n) is 7.40. The summed E-state index contributed by atoms with van der Waals surface area (Å²) < 4.78 is 17.2. The van der Waals surface area contributed by atoms with Crippen LogP contribution in [0.3, 0.4) is 0 Å². The van der Waals surface area contributed by atoms with Gasteiger partial charge in [0.05, 0.1) is 40.6 Å². The molecule has 0 atom stereocenters. The van der Waals surface area contributed by atoms with Crippen molar-refractivity contribution in [3.05, 3.63) is 72.8 Å². The quantitative estimate of drug-likeness (QED) is 0.260. The van der Waals surface area contributed by atoms with Gasteiger partial charge in [-0.2, -0.15) is 5.10 Å². The van der Waals surface area contributed by atoms with Gasteiger partial charge in [-0.05, 0) is 44.0 Å². The van der Waals surface area contributed by atoms with Crippen molar-refractivity contribution in [2.75, 3.05) is 5.32 Å². The molecule has 0 unspecified atom stereocenters. The fourth-order valence-electron chi connectivity index (χ4n) is 5.42. The fourth-order valence-corrected chi connectivity index (χ4v) is 5.42. The van der Waals surface area contributed by atoms with E-state index in [1.807, 2.05) is 35.9 Å². The second kappa shape index (κ2) is 9.16. The van der Waals surface area contributed by atoms with Gasteiger partial charge in [0.15, 0.2) is 5.82 Å². The Kier molecular flexibility index (Phi) is 5.46. The minimum absolute atomic E-state index is 0.00500. The highest BCUT2D eigenvalue weighted by Crippen LogP contribution is 2.34. The number of para-hydroxylation sites is 1. The van der Waals surface area contributed by atoms with Crippen molar-refractivity contribution in [3.8, 4) is 28.3 Å². The number of nitrogens with one attached hydrogen (secondary N) is 3. The summed E-state index contributed by atoms with van der Waals surface area (Å²) >= 11 is 0. The van der Waals surface area contributed by atoms with Crippen LogP contribution in [0.25, 0.3) is 50.3 Å². The molecule has 3 N–H and O–H groups in total. The zero-order valence-corrected chi connectivity index (χ0v) is 21.2. The number of nitrogens with zero attached hydrogens (tertiary/aromatic N) is 5. The first-order chi connectivity index (χ1) is 19.0. The van der Waals surface area contributed by atoms with Crippen LogP contribution in [0.5, 0.6) is 0 Å². The molecule has 4 aromatic heterocycles. The third kappa shape index (κ3) is 4.14. The van der Waals surface area contributed by atoms with Crippen molar-refractivity contribution < 1.29 is 9.18 Å². The number of hydrogen-bond acceptors (Lipinski definition) is 5. The molecular weight excluding hydrogens is 495 g/mol. The maximum atomic E-state index is 15.3. The molecule has 1 aliphatic rings. The molecule has 0 bridgehead atoms. The van der Waals surface area contributed by atoms with Gasteiger partial charge >= 0.3 is 0 Å². The number of amides is 1. The number of benzene rings is 2. The minimum Gasteiger partial charge on any atom is -0.336 e. The normalized spacial score (nSPS) is 14.0. The van der Waals surface area contributed by atoms with Crippen LogP contribution < -0.4 is 5.32 Å². The van der Waals surface area contributed by atoms with Crippen molar-refractivity contribution in [1.29, 1.82) is 0 Å². The summed E-state index contributed by atoms with van der Waals surface area (Å²) in [4.78, 5) is 29.4. The predicted molar refractivity (Wildman–Crippen MR) is 147 cm³/mol. The zero-order chi connectivity index (χ0) is 26.5. The van der Waals surface area contributed by atoms with Gasteiger partial charge in [0.2, 0.25) is 5.91 Å².